The van der Waals surface area contributed by atoms with Crippen LogP contribution in [0.3, 0.4) is 0 Å². The molecule has 5 heteroatoms. The number of rotatable bonds is 3. The van der Waals surface area contributed by atoms with E-state index in [1.807, 2.05) is 45.0 Å². The van der Waals surface area contributed by atoms with Gasteiger partial charge in [-0.3, -0.25) is 4.79 Å². The highest BCUT2D eigenvalue weighted by Gasteiger charge is 2.50. The Labute approximate surface area is 131 Å². The molecule has 2 saturated heterocycles. The number of likely N-dealkylation sites (tertiary alicyclic amines) is 1. The summed E-state index contributed by atoms with van der Waals surface area (Å²) in [5.74, 6) is 0.223. The monoisotopic (exact) mass is 305 g/mol. The Morgan fingerprint density at radius 2 is 1.77 bits per heavy atom. The zero-order valence-corrected chi connectivity index (χ0v) is 13.4. The molecule has 22 heavy (non-hydrogen) atoms. The van der Waals surface area contributed by atoms with E-state index in [2.05, 4.69) is 0 Å². The normalized spacial score (nSPS) is 22.2. The maximum Gasteiger partial charge on any atom is 0.260 e. The molecule has 0 saturated carbocycles. The fraction of sp³-hybridized carbons (Fsp3) is 0.588. The van der Waals surface area contributed by atoms with Crippen molar-refractivity contribution in [1.29, 1.82) is 0 Å². The van der Waals surface area contributed by atoms with Gasteiger partial charge in [0.15, 0.2) is 12.4 Å². The van der Waals surface area contributed by atoms with Gasteiger partial charge < -0.3 is 19.1 Å². The van der Waals surface area contributed by atoms with E-state index in [0.29, 0.717) is 26.3 Å². The van der Waals surface area contributed by atoms with Crippen molar-refractivity contribution in [2.24, 2.45) is 5.41 Å². The van der Waals surface area contributed by atoms with Gasteiger partial charge in [0.2, 0.25) is 0 Å². The quantitative estimate of drug-likeness (QED) is 0.857. The molecule has 2 aliphatic heterocycles. The van der Waals surface area contributed by atoms with Crippen molar-refractivity contribution in [3.63, 3.8) is 0 Å². The van der Waals surface area contributed by atoms with Crippen LogP contribution in [0, 0.1) is 12.3 Å². The van der Waals surface area contributed by atoms with Crippen molar-refractivity contribution >= 4 is 5.91 Å². The molecule has 5 nitrogen and oxygen atoms in total. The molecule has 0 unspecified atom stereocenters. The molecule has 120 valence electrons. The minimum Gasteiger partial charge on any atom is -0.484 e. The Morgan fingerprint density at radius 1 is 1.18 bits per heavy atom. The first-order valence-electron chi connectivity index (χ1n) is 7.63. The van der Waals surface area contributed by atoms with Crippen molar-refractivity contribution < 1.29 is 19.0 Å². The van der Waals surface area contributed by atoms with Gasteiger partial charge in [-0.15, -0.1) is 0 Å². The van der Waals surface area contributed by atoms with Crippen LogP contribution in [-0.4, -0.2) is 49.5 Å². The molecule has 2 aliphatic rings. The minimum atomic E-state index is -0.510. The molecule has 2 heterocycles. The minimum absolute atomic E-state index is 0.0102. The molecular weight excluding hydrogens is 282 g/mol. The number of carbonyl (C=O) groups excluding carboxylic acids is 1. The van der Waals surface area contributed by atoms with Gasteiger partial charge in [-0.05, 0) is 32.9 Å². The first kappa shape index (κ1) is 15.3. The van der Waals surface area contributed by atoms with Gasteiger partial charge in [0.1, 0.15) is 5.75 Å². The van der Waals surface area contributed by atoms with E-state index >= 15 is 0 Å². The molecule has 1 aromatic carbocycles. The molecule has 0 N–H and O–H groups in total. The molecular formula is C17H23NO4. The van der Waals surface area contributed by atoms with Crippen LogP contribution in [0.25, 0.3) is 0 Å². The van der Waals surface area contributed by atoms with E-state index < -0.39 is 5.79 Å². The maximum absolute atomic E-state index is 12.1. The highest BCUT2D eigenvalue weighted by molar-refractivity contribution is 5.78. The molecule has 0 radical (unpaired) electrons. The van der Waals surface area contributed by atoms with Crippen LogP contribution in [0.4, 0.5) is 0 Å². The summed E-state index contributed by atoms with van der Waals surface area (Å²) in [5.41, 5.74) is 1.14. The molecule has 0 bridgehead atoms. The third kappa shape index (κ3) is 3.25. The second-order valence-electron chi connectivity index (χ2n) is 6.83. The number of hydrogen-bond donors (Lipinski definition) is 0. The average Bonchev–Trinajstić information content (AvgIpc) is 2.44. The Balaban J connectivity index is 1.45. The highest BCUT2D eigenvalue weighted by Crippen LogP contribution is 2.37. The second kappa shape index (κ2) is 5.56. The second-order valence-corrected chi connectivity index (χ2v) is 6.83. The zero-order chi connectivity index (χ0) is 15.8. The van der Waals surface area contributed by atoms with Gasteiger partial charge in [-0.2, -0.15) is 0 Å². The summed E-state index contributed by atoms with van der Waals surface area (Å²) in [5, 5.41) is 0. The Morgan fingerprint density at radius 3 is 2.36 bits per heavy atom. The van der Waals surface area contributed by atoms with E-state index in [0.717, 1.165) is 5.75 Å². The lowest BCUT2D eigenvalue weighted by atomic mass is 9.80. The first-order valence-corrected chi connectivity index (χ1v) is 7.63. The van der Waals surface area contributed by atoms with Gasteiger partial charge in [-0.25, -0.2) is 0 Å². The van der Waals surface area contributed by atoms with Crippen molar-refractivity contribution in [3.8, 4) is 5.75 Å². The predicted octanol–water partition coefficient (Wildman–Crippen LogP) is 1.99. The van der Waals surface area contributed by atoms with Crippen LogP contribution < -0.4 is 4.74 Å². The smallest absolute Gasteiger partial charge is 0.260 e. The van der Waals surface area contributed by atoms with E-state index in [4.69, 9.17) is 14.2 Å². The van der Waals surface area contributed by atoms with Crippen LogP contribution in [0.1, 0.15) is 19.4 Å². The Kier molecular flexibility index (Phi) is 3.87. The standard InChI is InChI=1S/C17H23NO4/c1-13-4-6-14(7-5-13)20-8-15(19)18-9-17(10-18)11-21-16(2,3)22-12-17/h4-7H,8-12H2,1-3H3. The van der Waals surface area contributed by atoms with Crippen molar-refractivity contribution in [2.75, 3.05) is 32.9 Å². The van der Waals surface area contributed by atoms with Crippen LogP contribution >= 0.6 is 0 Å². The van der Waals surface area contributed by atoms with E-state index in [1.165, 1.54) is 5.56 Å². The van der Waals surface area contributed by atoms with Crippen molar-refractivity contribution in [2.45, 2.75) is 26.6 Å². The molecule has 0 aromatic heterocycles. The summed E-state index contributed by atoms with van der Waals surface area (Å²) >= 11 is 0. The molecule has 1 spiro atoms. The summed E-state index contributed by atoms with van der Waals surface area (Å²) in [4.78, 5) is 13.9. The molecule has 1 aromatic rings. The third-order valence-corrected chi connectivity index (χ3v) is 4.24. The fourth-order valence-electron chi connectivity index (χ4n) is 2.73. The van der Waals surface area contributed by atoms with Crippen LogP contribution in [0.15, 0.2) is 24.3 Å². The molecule has 0 atom stereocenters. The lowest BCUT2D eigenvalue weighted by Gasteiger charge is -2.53. The summed E-state index contributed by atoms with van der Waals surface area (Å²) in [6.07, 6.45) is 0. The third-order valence-electron chi connectivity index (χ3n) is 4.24. The lowest BCUT2D eigenvalue weighted by molar-refractivity contribution is -0.303. The predicted molar refractivity (Wildman–Crippen MR) is 81.7 cm³/mol. The van der Waals surface area contributed by atoms with Crippen LogP contribution in [0.5, 0.6) is 5.75 Å². The largest absolute Gasteiger partial charge is 0.484 e. The van der Waals surface area contributed by atoms with Gasteiger partial charge in [0, 0.05) is 13.1 Å². The molecule has 3 rings (SSSR count). The highest BCUT2D eigenvalue weighted by atomic mass is 16.7. The fourth-order valence-corrected chi connectivity index (χ4v) is 2.73. The summed E-state index contributed by atoms with van der Waals surface area (Å²) < 4.78 is 16.9. The van der Waals surface area contributed by atoms with Gasteiger partial charge in [0.05, 0.1) is 18.6 Å². The Bertz CT molecular complexity index is 534. The molecule has 1 amide bonds. The van der Waals surface area contributed by atoms with Crippen molar-refractivity contribution in [3.05, 3.63) is 29.8 Å². The van der Waals surface area contributed by atoms with E-state index in [1.54, 1.807) is 4.90 Å². The van der Waals surface area contributed by atoms with E-state index in [-0.39, 0.29) is 17.9 Å². The molecule has 0 aliphatic carbocycles. The number of aryl methyl sites for hydroxylation is 1. The Hall–Kier alpha value is -1.59. The maximum atomic E-state index is 12.1. The average molecular weight is 305 g/mol. The SMILES string of the molecule is Cc1ccc(OCC(=O)N2CC3(COC(C)(C)OC3)C2)cc1. The number of hydrogen-bond acceptors (Lipinski definition) is 4. The number of amides is 1. The number of carbonyl (C=O) groups is 1. The summed E-state index contributed by atoms with van der Waals surface area (Å²) in [6.45, 7) is 8.56. The lowest BCUT2D eigenvalue weighted by Crippen LogP contribution is -2.66. The number of ether oxygens (including phenoxy) is 3. The summed E-state index contributed by atoms with van der Waals surface area (Å²) in [7, 11) is 0. The zero-order valence-electron chi connectivity index (χ0n) is 13.4. The topological polar surface area (TPSA) is 48.0 Å². The number of nitrogens with zero attached hydrogens (tertiary/aromatic N) is 1. The number of benzene rings is 1. The molecule has 2 fully saturated rings. The van der Waals surface area contributed by atoms with Crippen LogP contribution in [-0.2, 0) is 14.3 Å². The van der Waals surface area contributed by atoms with Gasteiger partial charge in [-0.1, -0.05) is 17.7 Å². The van der Waals surface area contributed by atoms with Gasteiger partial charge >= 0.3 is 0 Å². The van der Waals surface area contributed by atoms with Gasteiger partial charge in [0.25, 0.3) is 5.91 Å². The van der Waals surface area contributed by atoms with Crippen molar-refractivity contribution in [1.82, 2.24) is 4.90 Å². The van der Waals surface area contributed by atoms with E-state index in [9.17, 15) is 4.79 Å². The summed E-state index contributed by atoms with van der Waals surface area (Å²) in [6, 6.07) is 7.70. The first-order chi connectivity index (χ1) is 10.4. The van der Waals surface area contributed by atoms with Crippen LogP contribution in [0.2, 0.25) is 0 Å².